The van der Waals surface area contributed by atoms with Crippen molar-refractivity contribution in [1.82, 2.24) is 0 Å². The zero-order valence-electron chi connectivity index (χ0n) is 36.4. The van der Waals surface area contributed by atoms with Gasteiger partial charge in [-0.1, -0.05) is 0 Å². The summed E-state index contributed by atoms with van der Waals surface area (Å²) in [4.78, 5) is 0. The fourth-order valence-corrected chi connectivity index (χ4v) is 40.1. The summed E-state index contributed by atoms with van der Waals surface area (Å²) in [6, 6.07) is 44.2. The van der Waals surface area contributed by atoms with Gasteiger partial charge in [0, 0.05) is 0 Å². The molecule has 0 radical (unpaired) electrons. The average Bonchev–Trinajstić information content (AvgIpc) is 3.99. The summed E-state index contributed by atoms with van der Waals surface area (Å²) in [5.74, 6) is 0. The van der Waals surface area contributed by atoms with E-state index in [-0.39, 0.29) is 7.25 Å². The maximum atomic E-state index is 9.39. The standard InChI is InChI=1S/2C22H25.C12H9Si.2ClH.Zr/c2*1-4-9-18-12-13-19-14-16(5-2)15-21(19)22(18)20-11-8-7-10-17(20)6-3;1-3-7-11-9(5-1)10-6-2-4-8-12(10)13-11;;;/h2*7-8,10-15H,4-6,9H2,1-3H3;1-7H,13H2;2*1H;/q;;;;;+2/p-2. The van der Waals surface area contributed by atoms with Gasteiger partial charge in [-0.3, -0.25) is 0 Å². The Morgan fingerprint density at radius 3 is 1.42 bits per heavy atom. The third kappa shape index (κ3) is 6.45. The van der Waals surface area contributed by atoms with Crippen molar-refractivity contribution >= 4 is 52.3 Å². The molecule has 305 valence electrons. The molecular weight excluding hydrogens is 863 g/mol. The van der Waals surface area contributed by atoms with Crippen molar-refractivity contribution in [3.05, 3.63) is 171 Å². The van der Waals surface area contributed by atoms with E-state index in [0.717, 1.165) is 51.4 Å². The molecule has 2 unspecified atom stereocenters. The van der Waals surface area contributed by atoms with Crippen molar-refractivity contribution < 1.29 is 16.4 Å². The minimum absolute atomic E-state index is 0.0743. The molecule has 0 nitrogen and oxygen atoms in total. The fraction of sp³-hybridized carbons (Fsp3) is 0.286. The Labute approximate surface area is 370 Å². The first-order valence-corrected chi connectivity index (χ1v) is 34.7. The summed E-state index contributed by atoms with van der Waals surface area (Å²) < 4.78 is 1.17. The van der Waals surface area contributed by atoms with Gasteiger partial charge in [0.15, 0.2) is 0 Å². The zero-order valence-corrected chi connectivity index (χ0v) is 41.8. The Hall–Kier alpha value is -3.52. The van der Waals surface area contributed by atoms with E-state index >= 15 is 0 Å². The first kappa shape index (κ1) is 41.8. The first-order chi connectivity index (χ1) is 29.2. The Balaban J connectivity index is 1.39. The SMILES string of the molecule is CCCc1ccc2c(c1-c1ccccc1CC)C=C(CC)[CH]2[Zr]([Cl])([Cl])([c]1cccc2c1[SiH2]c1ccccc1-2)[CH]1C(CC)=Cc2c1ccc(CCC)c2-c1ccccc1CC. The van der Waals surface area contributed by atoms with Crippen LogP contribution in [-0.4, -0.2) is 9.52 Å². The maximum absolute atomic E-state index is 9.39. The first-order valence-electron chi connectivity index (χ1n) is 22.9. The molecule has 2 atom stereocenters. The Morgan fingerprint density at radius 2 is 0.933 bits per heavy atom. The topological polar surface area (TPSA) is 0 Å². The van der Waals surface area contributed by atoms with Crippen LogP contribution in [0, 0.1) is 0 Å². The number of hydrogen-bond acceptors (Lipinski definition) is 0. The van der Waals surface area contributed by atoms with Gasteiger partial charge >= 0.3 is 373 Å². The van der Waals surface area contributed by atoms with E-state index in [9.17, 15) is 17.0 Å². The molecule has 9 rings (SSSR count). The molecule has 0 aromatic heterocycles. The molecule has 4 heteroatoms. The molecule has 60 heavy (non-hydrogen) atoms. The van der Waals surface area contributed by atoms with Crippen molar-refractivity contribution in [2.24, 2.45) is 0 Å². The van der Waals surface area contributed by atoms with Gasteiger partial charge in [0.25, 0.3) is 0 Å². The second kappa shape index (κ2) is 16.6. The number of aryl methyl sites for hydroxylation is 4. The van der Waals surface area contributed by atoms with E-state index in [2.05, 4.69) is 169 Å². The molecular formula is C56H59Cl2SiZr. The molecule has 6 aromatic carbocycles. The van der Waals surface area contributed by atoms with E-state index in [4.69, 9.17) is 0 Å². The van der Waals surface area contributed by atoms with Crippen LogP contribution in [0.5, 0.6) is 0 Å². The van der Waals surface area contributed by atoms with Crippen LogP contribution in [0.3, 0.4) is 0 Å². The molecule has 1 aliphatic heterocycles. The van der Waals surface area contributed by atoms with Crippen molar-refractivity contribution in [3.63, 3.8) is 0 Å². The van der Waals surface area contributed by atoms with Gasteiger partial charge in [-0.15, -0.1) is 0 Å². The van der Waals surface area contributed by atoms with Crippen LogP contribution in [0.4, 0.5) is 0 Å². The Bertz CT molecular complexity index is 2580. The summed E-state index contributed by atoms with van der Waals surface area (Å²) in [7, 11) is 17.9. The van der Waals surface area contributed by atoms with Gasteiger partial charge in [0.1, 0.15) is 0 Å². The number of fused-ring (bicyclic) bond motifs is 5. The van der Waals surface area contributed by atoms with E-state index in [1.807, 2.05) is 0 Å². The number of hydrogen-bond donors (Lipinski definition) is 0. The molecule has 0 fully saturated rings. The van der Waals surface area contributed by atoms with Crippen molar-refractivity contribution in [2.45, 2.75) is 100 Å². The number of benzene rings is 6. The second-order valence-electron chi connectivity index (χ2n) is 17.6. The number of halogens is 2. The summed E-state index contributed by atoms with van der Waals surface area (Å²) >= 11 is -5.62. The molecule has 0 amide bonds. The van der Waals surface area contributed by atoms with Gasteiger partial charge in [-0.25, -0.2) is 0 Å². The summed E-state index contributed by atoms with van der Waals surface area (Å²) in [5, 5.41) is 2.99. The predicted octanol–water partition coefficient (Wildman–Crippen LogP) is 13.9. The Kier molecular flexibility index (Phi) is 11.6. The summed E-state index contributed by atoms with van der Waals surface area (Å²) in [6.07, 6.45) is 13.2. The molecule has 6 aromatic rings. The number of rotatable bonds is 13. The molecule has 0 saturated heterocycles. The van der Waals surface area contributed by atoms with Crippen LogP contribution in [-0.2, 0) is 42.1 Å². The van der Waals surface area contributed by atoms with Gasteiger partial charge in [0.05, 0.1) is 0 Å². The molecule has 0 bridgehead atoms. The minimum atomic E-state index is -5.62. The van der Waals surface area contributed by atoms with Crippen LogP contribution in [0.2, 0.25) is 0 Å². The van der Waals surface area contributed by atoms with Crippen molar-refractivity contribution in [3.8, 4) is 33.4 Å². The van der Waals surface area contributed by atoms with Crippen LogP contribution in [0.25, 0.3) is 45.5 Å². The summed E-state index contributed by atoms with van der Waals surface area (Å²) in [5.41, 5.74) is 22.1. The predicted molar refractivity (Wildman–Crippen MR) is 264 cm³/mol. The molecule has 0 saturated carbocycles. The van der Waals surface area contributed by atoms with Gasteiger partial charge in [-0.05, 0) is 0 Å². The monoisotopic (exact) mass is 919 g/mol. The van der Waals surface area contributed by atoms with Crippen LogP contribution in [0.15, 0.2) is 126 Å². The fourth-order valence-electron chi connectivity index (χ4n) is 11.8. The van der Waals surface area contributed by atoms with Gasteiger partial charge < -0.3 is 0 Å². The molecule has 1 heterocycles. The van der Waals surface area contributed by atoms with Crippen LogP contribution in [0.1, 0.15) is 119 Å². The van der Waals surface area contributed by atoms with E-state index < -0.39 is 25.9 Å². The molecule has 3 aliphatic rings. The van der Waals surface area contributed by atoms with Crippen LogP contribution < -0.4 is 13.6 Å². The van der Waals surface area contributed by atoms with Crippen molar-refractivity contribution in [1.29, 1.82) is 0 Å². The third-order valence-electron chi connectivity index (χ3n) is 14.4. The zero-order chi connectivity index (χ0) is 41.8. The normalized spacial score (nSPS) is 17.4. The quantitative estimate of drug-likeness (QED) is 0.101. The Morgan fingerprint density at radius 1 is 0.467 bits per heavy atom. The van der Waals surface area contributed by atoms with Gasteiger partial charge in [-0.2, -0.15) is 0 Å². The molecule has 0 spiro atoms. The summed E-state index contributed by atoms with van der Waals surface area (Å²) in [6.45, 7) is 13.9. The second-order valence-corrected chi connectivity index (χ2v) is 40.0. The average molecular weight is 922 g/mol. The molecule has 2 aliphatic carbocycles. The molecule has 0 N–H and O–H groups in total. The van der Waals surface area contributed by atoms with Crippen molar-refractivity contribution in [2.75, 3.05) is 0 Å². The number of allylic oxidation sites excluding steroid dienone is 2. The van der Waals surface area contributed by atoms with Gasteiger partial charge in [0.2, 0.25) is 0 Å². The van der Waals surface area contributed by atoms with E-state index in [1.165, 1.54) is 103 Å². The third-order valence-corrected chi connectivity index (χ3v) is 37.2. The van der Waals surface area contributed by atoms with E-state index in [1.54, 1.807) is 0 Å². The van der Waals surface area contributed by atoms with Crippen LogP contribution >= 0.6 is 17.0 Å². The van der Waals surface area contributed by atoms with E-state index in [0.29, 0.717) is 0 Å².